The van der Waals surface area contributed by atoms with Crippen molar-refractivity contribution in [2.75, 3.05) is 36.4 Å². The van der Waals surface area contributed by atoms with Crippen LogP contribution < -0.4 is 15.5 Å². The quantitative estimate of drug-likeness (QED) is 0.684. The summed E-state index contributed by atoms with van der Waals surface area (Å²) in [4.78, 5) is 28.3. The van der Waals surface area contributed by atoms with Gasteiger partial charge < -0.3 is 15.1 Å². The van der Waals surface area contributed by atoms with E-state index in [4.69, 9.17) is 23.8 Å². The van der Waals surface area contributed by atoms with Crippen LogP contribution in [0, 0.1) is 0 Å². The summed E-state index contributed by atoms with van der Waals surface area (Å²) >= 11 is 11.7. The van der Waals surface area contributed by atoms with E-state index in [2.05, 4.69) is 15.5 Å². The van der Waals surface area contributed by atoms with Crippen LogP contribution in [-0.2, 0) is 4.79 Å². The molecule has 0 aromatic heterocycles. The summed E-state index contributed by atoms with van der Waals surface area (Å²) in [5, 5.41) is 6.44. The fourth-order valence-electron chi connectivity index (χ4n) is 3.34. The van der Waals surface area contributed by atoms with Crippen molar-refractivity contribution < 1.29 is 9.59 Å². The number of carbonyl (C=O) groups excluding carboxylic acids is 2. The summed E-state index contributed by atoms with van der Waals surface area (Å²) in [6.45, 7) is 4.90. The third-order valence-electron chi connectivity index (χ3n) is 4.91. The number of carbonyl (C=O) groups is 2. The number of piperazine rings is 1. The van der Waals surface area contributed by atoms with Gasteiger partial charge in [0.2, 0.25) is 5.91 Å². The molecule has 0 radical (unpaired) electrons. The summed E-state index contributed by atoms with van der Waals surface area (Å²) in [6, 6.07) is 14.5. The van der Waals surface area contributed by atoms with E-state index < -0.39 is 0 Å². The Bertz CT molecular complexity index is 915. The van der Waals surface area contributed by atoms with Crippen molar-refractivity contribution >= 4 is 52.1 Å². The molecule has 30 heavy (non-hydrogen) atoms. The molecule has 1 aliphatic heterocycles. The first-order valence-corrected chi connectivity index (χ1v) is 10.8. The smallest absolute Gasteiger partial charge is 0.257 e. The van der Waals surface area contributed by atoms with Gasteiger partial charge in [-0.3, -0.25) is 14.9 Å². The van der Waals surface area contributed by atoms with Gasteiger partial charge in [-0.2, -0.15) is 0 Å². The van der Waals surface area contributed by atoms with Crippen molar-refractivity contribution in [1.29, 1.82) is 0 Å². The number of thiocarbonyl (C=S) groups is 1. The number of nitrogens with one attached hydrogen (secondary N) is 2. The second kappa shape index (κ2) is 10.4. The van der Waals surface area contributed by atoms with E-state index in [1.54, 1.807) is 30.3 Å². The zero-order valence-corrected chi connectivity index (χ0v) is 18.4. The lowest BCUT2D eigenvalue weighted by Gasteiger charge is -2.36. The largest absolute Gasteiger partial charge is 0.367 e. The summed E-state index contributed by atoms with van der Waals surface area (Å²) in [5.74, 6) is -0.0554. The SMILES string of the molecule is CCCC(=O)N1CCN(c2ccc(NC(=S)NC(=O)c3ccccc3)cc2Cl)CC1. The molecule has 1 fully saturated rings. The molecule has 3 rings (SSSR count). The highest BCUT2D eigenvalue weighted by Crippen LogP contribution is 2.29. The lowest BCUT2D eigenvalue weighted by molar-refractivity contribution is -0.131. The number of nitrogens with zero attached hydrogens (tertiary/aromatic N) is 2. The Morgan fingerprint density at radius 2 is 1.77 bits per heavy atom. The zero-order valence-electron chi connectivity index (χ0n) is 16.9. The first-order chi connectivity index (χ1) is 14.5. The molecule has 2 N–H and O–H groups in total. The lowest BCUT2D eigenvalue weighted by atomic mass is 10.2. The summed E-state index contributed by atoms with van der Waals surface area (Å²) in [6.07, 6.45) is 1.47. The van der Waals surface area contributed by atoms with Gasteiger partial charge in [0.25, 0.3) is 5.91 Å². The van der Waals surface area contributed by atoms with Crippen LogP contribution in [-0.4, -0.2) is 48.0 Å². The van der Waals surface area contributed by atoms with Gasteiger partial charge in [-0.15, -0.1) is 0 Å². The third-order valence-corrected chi connectivity index (χ3v) is 5.41. The van der Waals surface area contributed by atoms with E-state index >= 15 is 0 Å². The Balaban J connectivity index is 1.56. The van der Waals surface area contributed by atoms with Crippen molar-refractivity contribution in [2.24, 2.45) is 0 Å². The molecule has 0 spiro atoms. The van der Waals surface area contributed by atoms with Crippen molar-refractivity contribution in [3.05, 3.63) is 59.1 Å². The van der Waals surface area contributed by atoms with Gasteiger partial charge in [-0.1, -0.05) is 36.7 Å². The molecular weight excluding hydrogens is 420 g/mol. The first-order valence-electron chi connectivity index (χ1n) is 9.97. The van der Waals surface area contributed by atoms with E-state index in [0.717, 1.165) is 25.2 Å². The molecule has 1 aliphatic rings. The Morgan fingerprint density at radius 3 is 2.40 bits per heavy atom. The fraction of sp³-hybridized carbons (Fsp3) is 0.318. The maximum absolute atomic E-state index is 12.2. The molecule has 1 heterocycles. The third kappa shape index (κ3) is 5.70. The summed E-state index contributed by atoms with van der Waals surface area (Å²) in [5.41, 5.74) is 2.15. The second-order valence-electron chi connectivity index (χ2n) is 7.06. The zero-order chi connectivity index (χ0) is 21.5. The molecule has 2 aromatic rings. The van der Waals surface area contributed by atoms with Gasteiger partial charge in [0.1, 0.15) is 0 Å². The molecule has 1 saturated heterocycles. The predicted molar refractivity (Wildman–Crippen MR) is 125 cm³/mol. The molecule has 0 aliphatic carbocycles. The number of rotatable bonds is 5. The number of anilines is 2. The van der Waals surface area contributed by atoms with Gasteiger partial charge in [-0.05, 0) is 49.0 Å². The minimum Gasteiger partial charge on any atom is -0.367 e. The van der Waals surface area contributed by atoms with Crippen molar-refractivity contribution in [2.45, 2.75) is 19.8 Å². The van der Waals surface area contributed by atoms with Gasteiger partial charge in [0.05, 0.1) is 10.7 Å². The monoisotopic (exact) mass is 444 g/mol. The van der Waals surface area contributed by atoms with Crippen molar-refractivity contribution in [1.82, 2.24) is 10.2 Å². The summed E-state index contributed by atoms with van der Waals surface area (Å²) in [7, 11) is 0. The van der Waals surface area contributed by atoms with Crippen LogP contribution in [0.2, 0.25) is 5.02 Å². The number of halogens is 1. The number of amides is 2. The molecule has 0 unspecified atom stereocenters. The molecule has 0 saturated carbocycles. The minimum absolute atomic E-state index is 0.204. The van der Waals surface area contributed by atoms with E-state index in [9.17, 15) is 9.59 Å². The van der Waals surface area contributed by atoms with Crippen molar-refractivity contribution in [3.63, 3.8) is 0 Å². The predicted octanol–water partition coefficient (Wildman–Crippen LogP) is 3.92. The van der Waals surface area contributed by atoms with Crippen LogP contribution in [0.1, 0.15) is 30.1 Å². The number of hydrogen-bond acceptors (Lipinski definition) is 4. The number of benzene rings is 2. The first kappa shape index (κ1) is 22.1. The second-order valence-corrected chi connectivity index (χ2v) is 7.87. The summed E-state index contributed by atoms with van der Waals surface area (Å²) < 4.78 is 0. The van der Waals surface area contributed by atoms with Crippen LogP contribution in [0.25, 0.3) is 0 Å². The maximum Gasteiger partial charge on any atom is 0.257 e. The average molecular weight is 445 g/mol. The van der Waals surface area contributed by atoms with Gasteiger partial charge in [-0.25, -0.2) is 0 Å². The lowest BCUT2D eigenvalue weighted by Crippen LogP contribution is -2.48. The highest BCUT2D eigenvalue weighted by molar-refractivity contribution is 7.80. The van der Waals surface area contributed by atoms with E-state index in [0.29, 0.717) is 35.8 Å². The van der Waals surface area contributed by atoms with Gasteiger partial charge >= 0.3 is 0 Å². The van der Waals surface area contributed by atoms with Gasteiger partial charge in [0, 0.05) is 43.9 Å². The Kier molecular flexibility index (Phi) is 7.65. The highest BCUT2D eigenvalue weighted by atomic mass is 35.5. The molecular formula is C22H25ClN4O2S. The topological polar surface area (TPSA) is 64.7 Å². The molecule has 2 aromatic carbocycles. The standard InChI is InChI=1S/C22H25ClN4O2S/c1-2-6-20(28)27-13-11-26(12-14-27)19-10-9-17(15-18(19)23)24-22(30)25-21(29)16-7-4-3-5-8-16/h3-5,7-10,15H,2,6,11-14H2,1H3,(H2,24,25,29,30). The van der Waals surface area contributed by atoms with Crippen LogP contribution >= 0.6 is 23.8 Å². The molecule has 0 bridgehead atoms. The molecule has 8 heteroatoms. The van der Waals surface area contributed by atoms with Gasteiger partial charge in [0.15, 0.2) is 5.11 Å². The highest BCUT2D eigenvalue weighted by Gasteiger charge is 2.22. The Hall–Kier alpha value is -2.64. The Labute approximate surface area is 187 Å². The van der Waals surface area contributed by atoms with E-state index in [1.165, 1.54) is 0 Å². The van der Waals surface area contributed by atoms with Crippen LogP contribution in [0.3, 0.4) is 0 Å². The van der Waals surface area contributed by atoms with E-state index in [1.807, 2.05) is 30.0 Å². The minimum atomic E-state index is -0.272. The molecule has 2 amide bonds. The van der Waals surface area contributed by atoms with E-state index in [-0.39, 0.29) is 16.9 Å². The molecule has 6 nitrogen and oxygen atoms in total. The fourth-order valence-corrected chi connectivity index (χ4v) is 3.85. The van der Waals surface area contributed by atoms with Crippen LogP contribution in [0.15, 0.2) is 48.5 Å². The molecule has 0 atom stereocenters. The normalized spacial score (nSPS) is 13.7. The maximum atomic E-state index is 12.2. The average Bonchev–Trinajstić information content (AvgIpc) is 2.75. The number of hydrogen-bond donors (Lipinski definition) is 2. The Morgan fingerprint density at radius 1 is 1.07 bits per heavy atom. The molecule has 158 valence electrons. The van der Waals surface area contributed by atoms with Crippen LogP contribution in [0.5, 0.6) is 0 Å². The van der Waals surface area contributed by atoms with Crippen LogP contribution in [0.4, 0.5) is 11.4 Å². The van der Waals surface area contributed by atoms with Crippen molar-refractivity contribution in [3.8, 4) is 0 Å².